The number of pyridine rings is 1. The minimum Gasteiger partial charge on any atom is -0.382 e. The Hall–Kier alpha value is -2.17. The first-order valence-corrected chi connectivity index (χ1v) is 4.03. The first-order valence-electron chi connectivity index (χ1n) is 4.03. The average molecular weight is 188 g/mol. The van der Waals surface area contributed by atoms with Gasteiger partial charge in [-0.2, -0.15) is 5.10 Å². The summed E-state index contributed by atoms with van der Waals surface area (Å²) in [5.74, 6) is 0.0606. The lowest BCUT2D eigenvalue weighted by Gasteiger charge is -1.97. The number of carbonyl (C=O) groups is 1. The Balaban J connectivity index is 2.39. The summed E-state index contributed by atoms with van der Waals surface area (Å²) in [4.78, 5) is 15.6. The molecule has 0 aliphatic carbocycles. The molecule has 2 heterocycles. The molecule has 0 saturated heterocycles. The molecule has 70 valence electrons. The Morgan fingerprint density at radius 3 is 2.64 bits per heavy atom. The highest BCUT2D eigenvalue weighted by Gasteiger charge is 2.13. The molecule has 0 radical (unpaired) electrons. The Morgan fingerprint density at radius 1 is 1.36 bits per heavy atom. The van der Waals surface area contributed by atoms with Crippen LogP contribution in [0.2, 0.25) is 0 Å². The first-order chi connectivity index (χ1) is 6.79. The van der Waals surface area contributed by atoms with E-state index in [1.165, 1.54) is 6.20 Å². The van der Waals surface area contributed by atoms with Crippen LogP contribution in [0, 0.1) is 0 Å². The number of rotatable bonds is 2. The van der Waals surface area contributed by atoms with Gasteiger partial charge in [0, 0.05) is 24.2 Å². The maximum atomic E-state index is 11.8. The molecule has 0 atom stereocenters. The number of ketones is 1. The van der Waals surface area contributed by atoms with Crippen molar-refractivity contribution in [1.29, 1.82) is 0 Å². The van der Waals surface area contributed by atoms with E-state index in [4.69, 9.17) is 5.73 Å². The first kappa shape index (κ1) is 8.43. The summed E-state index contributed by atoms with van der Waals surface area (Å²) in [7, 11) is 0. The van der Waals surface area contributed by atoms with Gasteiger partial charge in [-0.3, -0.25) is 14.9 Å². The molecule has 2 rings (SSSR count). The van der Waals surface area contributed by atoms with Crippen LogP contribution in [-0.2, 0) is 0 Å². The van der Waals surface area contributed by atoms with Crippen LogP contribution in [0.4, 0.5) is 5.82 Å². The van der Waals surface area contributed by atoms with E-state index in [-0.39, 0.29) is 11.6 Å². The van der Waals surface area contributed by atoms with Crippen molar-refractivity contribution < 1.29 is 4.79 Å². The molecular formula is C9H8N4O. The predicted molar refractivity (Wildman–Crippen MR) is 50.7 cm³/mol. The molecule has 0 spiro atoms. The van der Waals surface area contributed by atoms with E-state index in [0.717, 1.165) is 0 Å². The van der Waals surface area contributed by atoms with Gasteiger partial charge < -0.3 is 5.73 Å². The largest absolute Gasteiger partial charge is 0.382 e. The minimum atomic E-state index is -0.154. The average Bonchev–Trinajstić information content (AvgIpc) is 2.65. The number of nitrogens with two attached hydrogens (primary N) is 1. The fraction of sp³-hybridized carbons (Fsp3) is 0. The molecule has 2 aromatic heterocycles. The number of hydrogen-bond acceptors (Lipinski definition) is 4. The number of hydrogen-bond donors (Lipinski definition) is 2. The minimum absolute atomic E-state index is 0.154. The number of H-pyrrole nitrogens is 1. The summed E-state index contributed by atoms with van der Waals surface area (Å²) in [6.45, 7) is 0. The normalized spacial score (nSPS) is 10.0. The second-order valence-electron chi connectivity index (χ2n) is 2.75. The highest BCUT2D eigenvalue weighted by atomic mass is 16.1. The number of anilines is 1. The molecule has 0 unspecified atom stereocenters. The van der Waals surface area contributed by atoms with Gasteiger partial charge in [0.1, 0.15) is 0 Å². The van der Waals surface area contributed by atoms with E-state index < -0.39 is 0 Å². The van der Waals surface area contributed by atoms with Crippen molar-refractivity contribution in [3.05, 3.63) is 41.9 Å². The van der Waals surface area contributed by atoms with E-state index in [1.807, 2.05) is 0 Å². The van der Waals surface area contributed by atoms with E-state index in [1.54, 1.807) is 24.5 Å². The quantitative estimate of drug-likeness (QED) is 0.676. The SMILES string of the molecule is Nc1n[nH]cc1C(=O)c1ccncc1. The van der Waals surface area contributed by atoms with Crippen molar-refractivity contribution in [2.24, 2.45) is 0 Å². The maximum Gasteiger partial charge on any atom is 0.198 e. The van der Waals surface area contributed by atoms with Crippen molar-refractivity contribution >= 4 is 11.6 Å². The Morgan fingerprint density at radius 2 is 2.07 bits per heavy atom. The smallest absolute Gasteiger partial charge is 0.198 e. The van der Waals surface area contributed by atoms with Crippen LogP contribution < -0.4 is 5.73 Å². The van der Waals surface area contributed by atoms with Gasteiger partial charge in [-0.15, -0.1) is 0 Å². The zero-order valence-corrected chi connectivity index (χ0v) is 7.27. The standard InChI is InChI=1S/C9H8N4O/c10-9-7(5-12-13-9)8(14)6-1-3-11-4-2-6/h1-5H,(H3,10,12,13). The fourth-order valence-electron chi connectivity index (χ4n) is 1.14. The number of nitrogen functional groups attached to an aromatic ring is 1. The van der Waals surface area contributed by atoms with Gasteiger partial charge in [0.15, 0.2) is 11.6 Å². The molecule has 0 aliphatic heterocycles. The summed E-state index contributed by atoms with van der Waals surface area (Å²) in [5.41, 5.74) is 6.43. The molecule has 5 heteroatoms. The third-order valence-corrected chi connectivity index (χ3v) is 1.86. The van der Waals surface area contributed by atoms with Crippen molar-refractivity contribution in [3.8, 4) is 0 Å². The van der Waals surface area contributed by atoms with Gasteiger partial charge in [-0.25, -0.2) is 0 Å². The molecule has 3 N–H and O–H groups in total. The number of nitrogens with one attached hydrogen (secondary N) is 1. The van der Waals surface area contributed by atoms with Gasteiger partial charge in [0.2, 0.25) is 0 Å². The van der Waals surface area contributed by atoms with Crippen LogP contribution in [0.25, 0.3) is 0 Å². The van der Waals surface area contributed by atoms with Crippen LogP contribution in [0.15, 0.2) is 30.7 Å². The highest BCUT2D eigenvalue weighted by molar-refractivity contribution is 6.11. The molecular weight excluding hydrogens is 180 g/mol. The Labute approximate surface area is 80.0 Å². The topological polar surface area (TPSA) is 84.7 Å². The van der Waals surface area contributed by atoms with Crippen LogP contribution in [-0.4, -0.2) is 21.0 Å². The van der Waals surface area contributed by atoms with Crippen molar-refractivity contribution in [1.82, 2.24) is 15.2 Å². The van der Waals surface area contributed by atoms with Gasteiger partial charge in [0.05, 0.1) is 5.56 Å². The van der Waals surface area contributed by atoms with Crippen molar-refractivity contribution in [3.63, 3.8) is 0 Å². The van der Waals surface area contributed by atoms with E-state index in [2.05, 4.69) is 15.2 Å². The zero-order valence-electron chi connectivity index (χ0n) is 7.27. The van der Waals surface area contributed by atoms with Gasteiger partial charge in [0.25, 0.3) is 0 Å². The molecule has 0 aliphatic rings. The zero-order chi connectivity index (χ0) is 9.97. The summed E-state index contributed by atoms with van der Waals surface area (Å²) in [5, 5.41) is 6.22. The third-order valence-electron chi connectivity index (χ3n) is 1.86. The molecule has 0 amide bonds. The van der Waals surface area contributed by atoms with Crippen LogP contribution >= 0.6 is 0 Å². The summed E-state index contributed by atoms with van der Waals surface area (Å²) in [6, 6.07) is 3.27. The molecule has 0 aromatic carbocycles. The predicted octanol–water partition coefficient (Wildman–Crippen LogP) is 0.618. The third kappa shape index (κ3) is 1.35. The second kappa shape index (κ2) is 3.29. The lowest BCUT2D eigenvalue weighted by atomic mass is 10.1. The van der Waals surface area contributed by atoms with Crippen molar-refractivity contribution in [2.45, 2.75) is 0 Å². The summed E-state index contributed by atoms with van der Waals surface area (Å²) in [6.07, 6.45) is 4.60. The second-order valence-corrected chi connectivity index (χ2v) is 2.75. The number of carbonyl (C=O) groups excluding carboxylic acids is 1. The lowest BCUT2D eigenvalue weighted by molar-refractivity contribution is 0.103. The van der Waals surface area contributed by atoms with E-state index in [0.29, 0.717) is 11.1 Å². The van der Waals surface area contributed by atoms with Crippen molar-refractivity contribution in [2.75, 3.05) is 5.73 Å². The Kier molecular flexibility index (Phi) is 1.98. The van der Waals surface area contributed by atoms with Gasteiger partial charge >= 0.3 is 0 Å². The molecule has 0 bridgehead atoms. The van der Waals surface area contributed by atoms with Gasteiger partial charge in [-0.05, 0) is 12.1 Å². The fourth-order valence-corrected chi connectivity index (χ4v) is 1.14. The molecule has 0 saturated carbocycles. The Bertz CT molecular complexity index is 449. The number of nitrogens with zero attached hydrogens (tertiary/aromatic N) is 2. The maximum absolute atomic E-state index is 11.8. The molecule has 0 fully saturated rings. The lowest BCUT2D eigenvalue weighted by Crippen LogP contribution is -2.03. The molecule has 2 aromatic rings. The van der Waals surface area contributed by atoms with Gasteiger partial charge in [-0.1, -0.05) is 0 Å². The number of aromatic amines is 1. The van der Waals surface area contributed by atoms with Crippen LogP contribution in [0.1, 0.15) is 15.9 Å². The van der Waals surface area contributed by atoms with Crippen LogP contribution in [0.3, 0.4) is 0 Å². The van der Waals surface area contributed by atoms with E-state index >= 15 is 0 Å². The molecule has 5 nitrogen and oxygen atoms in total. The van der Waals surface area contributed by atoms with E-state index in [9.17, 15) is 4.79 Å². The van der Waals surface area contributed by atoms with Crippen LogP contribution in [0.5, 0.6) is 0 Å². The number of aromatic nitrogens is 3. The highest BCUT2D eigenvalue weighted by Crippen LogP contribution is 2.12. The summed E-state index contributed by atoms with van der Waals surface area (Å²) < 4.78 is 0. The monoisotopic (exact) mass is 188 g/mol. The summed E-state index contributed by atoms with van der Waals surface area (Å²) >= 11 is 0. The molecule has 14 heavy (non-hydrogen) atoms.